The quantitative estimate of drug-likeness (QED) is 0.441. The lowest BCUT2D eigenvalue weighted by molar-refractivity contribution is -0.143. The van der Waals surface area contributed by atoms with E-state index >= 15 is 0 Å². The van der Waals surface area contributed by atoms with Crippen LogP contribution in [-0.4, -0.2) is 41.1 Å². The van der Waals surface area contributed by atoms with E-state index in [2.05, 4.69) is 20.5 Å². The minimum Gasteiger partial charge on any atom is -0.333 e. The fourth-order valence-electron chi connectivity index (χ4n) is 2.55. The maximum atomic E-state index is 13.1. The summed E-state index contributed by atoms with van der Waals surface area (Å²) < 4.78 is 78.4. The molecule has 1 N–H and O–H groups in total. The molecule has 1 heterocycles. The zero-order chi connectivity index (χ0) is 22.7. The van der Waals surface area contributed by atoms with Crippen LogP contribution in [0.2, 0.25) is 0 Å². The Morgan fingerprint density at radius 1 is 1.07 bits per heavy atom. The van der Waals surface area contributed by atoms with E-state index < -0.39 is 41.0 Å². The lowest BCUT2D eigenvalue weighted by Crippen LogP contribution is -2.31. The van der Waals surface area contributed by atoms with Gasteiger partial charge in [0, 0.05) is 32.1 Å². The van der Waals surface area contributed by atoms with Gasteiger partial charge in [-0.1, -0.05) is 0 Å². The number of rotatable bonds is 5. The van der Waals surface area contributed by atoms with Crippen molar-refractivity contribution < 1.29 is 31.1 Å². The molecule has 0 aliphatic carbocycles. The summed E-state index contributed by atoms with van der Waals surface area (Å²) >= 11 is 0. The summed E-state index contributed by atoms with van der Waals surface area (Å²) in [6.07, 6.45) is -6.07. The largest absolute Gasteiger partial charge is 0.416 e. The van der Waals surface area contributed by atoms with E-state index in [1.54, 1.807) is 0 Å². The van der Waals surface area contributed by atoms with E-state index in [1.165, 1.54) is 39.6 Å². The molecule has 30 heavy (non-hydrogen) atoms. The molecule has 0 fully saturated rings. The minimum atomic E-state index is -5.05. The van der Waals surface area contributed by atoms with Crippen LogP contribution in [0.3, 0.4) is 0 Å². The van der Waals surface area contributed by atoms with Gasteiger partial charge >= 0.3 is 12.4 Å². The Labute approximate surface area is 167 Å². The summed E-state index contributed by atoms with van der Waals surface area (Å²) in [4.78, 5) is 21.9. The molecular weight excluding hydrogens is 416 g/mol. The fraction of sp³-hybridized carbons (Fsp3) is 0.333. The monoisotopic (exact) mass is 433 g/mol. The minimum absolute atomic E-state index is 0.0325. The van der Waals surface area contributed by atoms with Crippen LogP contribution >= 0.6 is 0 Å². The second-order valence-corrected chi connectivity index (χ2v) is 6.20. The van der Waals surface area contributed by atoms with Crippen molar-refractivity contribution in [2.75, 3.05) is 14.1 Å². The highest BCUT2D eigenvalue weighted by Gasteiger charge is 2.38. The third-order valence-electron chi connectivity index (χ3n) is 4.20. The zero-order valence-corrected chi connectivity index (χ0v) is 16.0. The van der Waals surface area contributed by atoms with Gasteiger partial charge < -0.3 is 10.3 Å². The van der Waals surface area contributed by atoms with Crippen molar-refractivity contribution in [2.45, 2.75) is 25.3 Å². The number of hydrogen-bond donors (Lipinski definition) is 1. The zero-order valence-electron chi connectivity index (χ0n) is 16.0. The Morgan fingerprint density at radius 2 is 1.60 bits per heavy atom. The first kappa shape index (κ1) is 23.1. The van der Waals surface area contributed by atoms with Gasteiger partial charge in [0.15, 0.2) is 0 Å². The van der Waals surface area contributed by atoms with Gasteiger partial charge in [0.25, 0.3) is 5.91 Å². The van der Waals surface area contributed by atoms with Gasteiger partial charge in [0.1, 0.15) is 5.69 Å². The third-order valence-corrected chi connectivity index (χ3v) is 4.20. The predicted octanol–water partition coefficient (Wildman–Crippen LogP) is 3.90. The number of alkyl halides is 6. The molecular formula is C18H17F6N5O. The van der Waals surface area contributed by atoms with Crippen molar-refractivity contribution >= 4 is 12.1 Å². The van der Waals surface area contributed by atoms with Gasteiger partial charge in [-0.25, -0.2) is 0 Å². The van der Waals surface area contributed by atoms with Gasteiger partial charge in [-0.15, -0.1) is 0 Å². The number of amides is 1. The van der Waals surface area contributed by atoms with Crippen molar-refractivity contribution in [2.24, 2.45) is 5.10 Å². The molecule has 1 aromatic carbocycles. The number of benzene rings is 1. The molecule has 1 aromatic heterocycles. The van der Waals surface area contributed by atoms with E-state index in [0.717, 1.165) is 4.90 Å². The van der Waals surface area contributed by atoms with Crippen LogP contribution in [0.25, 0.3) is 0 Å². The molecule has 1 unspecified atom stereocenters. The average Bonchev–Trinajstić information content (AvgIpc) is 2.69. The Bertz CT molecular complexity index is 909. The number of nitrogens with one attached hydrogen (secondary N) is 1. The second kappa shape index (κ2) is 8.67. The molecule has 0 aliphatic heterocycles. The number of aromatic nitrogens is 2. The second-order valence-electron chi connectivity index (χ2n) is 6.20. The smallest absolute Gasteiger partial charge is 0.333 e. The molecule has 0 bridgehead atoms. The van der Waals surface area contributed by atoms with E-state index in [-0.39, 0.29) is 17.5 Å². The predicted molar refractivity (Wildman–Crippen MR) is 95.6 cm³/mol. The summed E-state index contributed by atoms with van der Waals surface area (Å²) in [6, 6.07) is -0.0787. The maximum Gasteiger partial charge on any atom is 0.416 e. The molecule has 12 heteroatoms. The molecule has 1 amide bonds. The van der Waals surface area contributed by atoms with Crippen LogP contribution in [0.1, 0.15) is 45.8 Å². The van der Waals surface area contributed by atoms with Gasteiger partial charge in [0.2, 0.25) is 0 Å². The van der Waals surface area contributed by atoms with Crippen LogP contribution in [0.15, 0.2) is 35.7 Å². The Morgan fingerprint density at radius 3 is 2.10 bits per heavy atom. The summed E-state index contributed by atoms with van der Waals surface area (Å²) in [6.45, 7) is 1.51. The molecule has 0 radical (unpaired) electrons. The molecule has 6 nitrogen and oxygen atoms in total. The van der Waals surface area contributed by atoms with Crippen molar-refractivity contribution in [3.05, 3.63) is 58.7 Å². The molecule has 162 valence electrons. The number of halogens is 6. The lowest BCUT2D eigenvalue weighted by atomic mass is 10.0. The molecule has 0 saturated heterocycles. The maximum absolute atomic E-state index is 13.1. The molecule has 0 aliphatic rings. The SMILES string of the molecule is CN/N=C\c1nccnc1C(C)N(C)C(=O)c1cc(C(F)(F)F)cc(C(F)(F)F)c1. The number of carbonyl (C=O) groups is 1. The van der Waals surface area contributed by atoms with Gasteiger partial charge in [0.05, 0.1) is 29.1 Å². The summed E-state index contributed by atoms with van der Waals surface area (Å²) in [5.74, 6) is -1.04. The van der Waals surface area contributed by atoms with E-state index in [1.807, 2.05) is 0 Å². The lowest BCUT2D eigenvalue weighted by Gasteiger charge is -2.26. The number of hydrogen-bond acceptors (Lipinski definition) is 5. The van der Waals surface area contributed by atoms with Gasteiger partial charge in [-0.2, -0.15) is 31.4 Å². The standard InChI is InChI=1S/C18H17F6N5O/c1-10(15-14(9-28-25-2)26-4-5-27-15)29(3)16(30)11-6-12(17(19,20)21)8-13(7-11)18(22,23)24/h4-10,25H,1-3H3/b28-9-. The normalized spacial score (nSPS) is 13.4. The highest BCUT2D eigenvalue weighted by Crippen LogP contribution is 2.36. The van der Waals surface area contributed by atoms with Crippen LogP contribution in [0.4, 0.5) is 26.3 Å². The third kappa shape index (κ3) is 5.24. The van der Waals surface area contributed by atoms with Gasteiger partial charge in [-0.3, -0.25) is 14.8 Å². The van der Waals surface area contributed by atoms with Crippen LogP contribution in [0.5, 0.6) is 0 Å². The molecule has 0 saturated carbocycles. The van der Waals surface area contributed by atoms with Crippen molar-refractivity contribution in [1.29, 1.82) is 0 Å². The van der Waals surface area contributed by atoms with Crippen molar-refractivity contribution in [1.82, 2.24) is 20.3 Å². The molecule has 0 spiro atoms. The van der Waals surface area contributed by atoms with Crippen molar-refractivity contribution in [3.63, 3.8) is 0 Å². The molecule has 1 atom stereocenters. The van der Waals surface area contributed by atoms with Gasteiger partial charge in [-0.05, 0) is 25.1 Å². The first-order chi connectivity index (χ1) is 13.9. The summed E-state index contributed by atoms with van der Waals surface area (Å²) in [5, 5.41) is 3.79. The number of carbonyl (C=O) groups excluding carboxylic acids is 1. The highest BCUT2D eigenvalue weighted by atomic mass is 19.4. The average molecular weight is 433 g/mol. The van der Waals surface area contributed by atoms with Crippen LogP contribution in [0, 0.1) is 0 Å². The fourth-order valence-corrected chi connectivity index (χ4v) is 2.55. The van der Waals surface area contributed by atoms with E-state index in [0.29, 0.717) is 12.1 Å². The van der Waals surface area contributed by atoms with E-state index in [9.17, 15) is 31.1 Å². The Hall–Kier alpha value is -3.18. The Balaban J connectivity index is 2.46. The highest BCUT2D eigenvalue weighted by molar-refractivity contribution is 5.95. The molecule has 2 aromatic rings. The molecule has 2 rings (SSSR count). The first-order valence-corrected chi connectivity index (χ1v) is 8.43. The summed E-state index contributed by atoms with van der Waals surface area (Å²) in [5.41, 5.74) is -0.837. The van der Waals surface area contributed by atoms with Crippen LogP contribution in [-0.2, 0) is 12.4 Å². The first-order valence-electron chi connectivity index (χ1n) is 8.43. The number of hydrazone groups is 1. The summed E-state index contributed by atoms with van der Waals surface area (Å²) in [7, 11) is 2.78. The topological polar surface area (TPSA) is 70.5 Å². The van der Waals surface area contributed by atoms with Crippen LogP contribution < -0.4 is 5.43 Å². The van der Waals surface area contributed by atoms with E-state index in [4.69, 9.17) is 0 Å². The number of nitrogens with zero attached hydrogens (tertiary/aromatic N) is 4. The Kier molecular flexibility index (Phi) is 6.68. The van der Waals surface area contributed by atoms with Crippen molar-refractivity contribution in [3.8, 4) is 0 Å².